The van der Waals surface area contributed by atoms with Crippen LogP contribution in [-0.4, -0.2) is 9.97 Å². The molecule has 0 amide bonds. The summed E-state index contributed by atoms with van der Waals surface area (Å²) in [4.78, 5) is 8.06. The van der Waals surface area contributed by atoms with Crippen molar-refractivity contribution in [2.45, 2.75) is 13.1 Å². The van der Waals surface area contributed by atoms with E-state index in [-0.39, 0.29) is 28.0 Å². The molecule has 0 aliphatic carbocycles. The first kappa shape index (κ1) is 19.0. The van der Waals surface area contributed by atoms with Gasteiger partial charge in [0.25, 0.3) is 0 Å². The number of hydrogen-bond acceptors (Lipinski definition) is 3. The van der Waals surface area contributed by atoms with E-state index in [0.29, 0.717) is 5.56 Å². The Balaban J connectivity index is 2.00. The van der Waals surface area contributed by atoms with Crippen LogP contribution in [0.4, 0.5) is 33.5 Å². The van der Waals surface area contributed by atoms with Gasteiger partial charge in [-0.3, -0.25) is 0 Å². The van der Waals surface area contributed by atoms with Crippen LogP contribution in [0, 0.1) is 18.6 Å². The number of alkyl halides is 3. The maximum Gasteiger partial charge on any atom is 0.416 e. The highest BCUT2D eigenvalue weighted by atomic mass is 35.5. The molecule has 2 aromatic carbocycles. The van der Waals surface area contributed by atoms with Crippen molar-refractivity contribution in [3.05, 3.63) is 70.4 Å². The van der Waals surface area contributed by atoms with E-state index in [1.165, 1.54) is 18.2 Å². The highest BCUT2D eigenvalue weighted by Gasteiger charge is 2.30. The molecule has 0 unspecified atom stereocenters. The predicted molar refractivity (Wildman–Crippen MR) is 91.9 cm³/mol. The molecule has 1 heterocycles. The fourth-order valence-electron chi connectivity index (χ4n) is 2.36. The number of anilines is 2. The van der Waals surface area contributed by atoms with E-state index in [0.717, 1.165) is 24.3 Å². The second kappa shape index (κ2) is 7.11. The van der Waals surface area contributed by atoms with Crippen LogP contribution in [0.25, 0.3) is 11.4 Å². The lowest BCUT2D eigenvalue weighted by atomic mass is 10.1. The first-order valence-corrected chi connectivity index (χ1v) is 7.96. The monoisotopic (exact) mass is 399 g/mol. The van der Waals surface area contributed by atoms with Crippen LogP contribution in [0.2, 0.25) is 5.15 Å². The van der Waals surface area contributed by atoms with Crippen molar-refractivity contribution in [3.63, 3.8) is 0 Å². The van der Waals surface area contributed by atoms with Crippen molar-refractivity contribution in [2.24, 2.45) is 0 Å². The summed E-state index contributed by atoms with van der Waals surface area (Å²) in [7, 11) is 0. The molecule has 1 aromatic heterocycles. The molecule has 1 N–H and O–H groups in total. The van der Waals surface area contributed by atoms with Crippen molar-refractivity contribution in [3.8, 4) is 11.4 Å². The van der Waals surface area contributed by atoms with E-state index in [4.69, 9.17) is 11.6 Å². The third-order valence-electron chi connectivity index (χ3n) is 3.67. The second-order valence-corrected chi connectivity index (χ2v) is 6.07. The fraction of sp³-hybridized carbons (Fsp3) is 0.111. The molecular formula is C18H11ClF5N3. The summed E-state index contributed by atoms with van der Waals surface area (Å²) in [6.07, 6.45) is -4.52. The molecule has 0 saturated carbocycles. The quantitative estimate of drug-likeness (QED) is 0.424. The molecular weight excluding hydrogens is 389 g/mol. The van der Waals surface area contributed by atoms with Gasteiger partial charge in [-0.15, -0.1) is 0 Å². The van der Waals surface area contributed by atoms with Crippen molar-refractivity contribution in [1.82, 2.24) is 9.97 Å². The zero-order chi connectivity index (χ0) is 19.8. The predicted octanol–water partition coefficient (Wildman–Crippen LogP) is 6.15. The summed E-state index contributed by atoms with van der Waals surface area (Å²) < 4.78 is 65.4. The Morgan fingerprint density at radius 3 is 2.37 bits per heavy atom. The van der Waals surface area contributed by atoms with Crippen LogP contribution in [0.3, 0.4) is 0 Å². The van der Waals surface area contributed by atoms with E-state index < -0.39 is 23.4 Å². The Bertz CT molecular complexity index is 1000. The van der Waals surface area contributed by atoms with Crippen LogP contribution in [-0.2, 0) is 6.18 Å². The van der Waals surface area contributed by atoms with Crippen molar-refractivity contribution < 1.29 is 22.0 Å². The maximum absolute atomic E-state index is 13.5. The van der Waals surface area contributed by atoms with Gasteiger partial charge in [0.1, 0.15) is 11.0 Å². The highest BCUT2D eigenvalue weighted by molar-refractivity contribution is 6.29. The minimum Gasteiger partial charge on any atom is -0.340 e. The highest BCUT2D eigenvalue weighted by Crippen LogP contribution is 2.32. The topological polar surface area (TPSA) is 37.8 Å². The smallest absolute Gasteiger partial charge is 0.340 e. The summed E-state index contributed by atoms with van der Waals surface area (Å²) in [5.41, 5.74) is -0.102. The Labute approximate surface area is 155 Å². The zero-order valence-electron chi connectivity index (χ0n) is 13.7. The molecule has 0 saturated heterocycles. The first-order valence-electron chi connectivity index (χ1n) is 7.58. The Hall–Kier alpha value is -2.74. The molecule has 0 atom stereocenters. The SMILES string of the molecule is Cc1cc(F)c(F)cc1Nc1cc(Cl)nc(-c2cccc(C(F)(F)F)c2)n1. The van der Waals surface area contributed by atoms with E-state index in [1.54, 1.807) is 6.92 Å². The minimum absolute atomic E-state index is 0.0276. The molecule has 0 spiro atoms. The van der Waals surface area contributed by atoms with Gasteiger partial charge in [0.2, 0.25) is 0 Å². The van der Waals surface area contributed by atoms with E-state index in [2.05, 4.69) is 15.3 Å². The summed E-state index contributed by atoms with van der Waals surface area (Å²) in [6, 6.07) is 7.75. The molecule has 9 heteroatoms. The van der Waals surface area contributed by atoms with Gasteiger partial charge < -0.3 is 5.32 Å². The molecule has 140 valence electrons. The number of hydrogen-bond donors (Lipinski definition) is 1. The van der Waals surface area contributed by atoms with Gasteiger partial charge >= 0.3 is 6.18 Å². The van der Waals surface area contributed by atoms with Gasteiger partial charge in [-0.05, 0) is 30.7 Å². The minimum atomic E-state index is -4.52. The number of nitrogens with zero attached hydrogens (tertiary/aromatic N) is 2. The molecule has 3 aromatic rings. The first-order chi connectivity index (χ1) is 12.6. The molecule has 0 aliphatic rings. The largest absolute Gasteiger partial charge is 0.416 e. The number of aromatic nitrogens is 2. The van der Waals surface area contributed by atoms with Gasteiger partial charge in [-0.2, -0.15) is 13.2 Å². The molecule has 0 bridgehead atoms. The molecule has 3 rings (SSSR count). The number of halogens is 6. The van der Waals surface area contributed by atoms with Crippen molar-refractivity contribution >= 4 is 23.1 Å². The average molecular weight is 400 g/mol. The standard InChI is InChI=1S/C18H11ClF5N3/c1-9-5-12(20)13(21)7-14(9)25-16-8-15(19)26-17(27-16)10-3-2-4-11(6-10)18(22,23)24/h2-8H,1H3,(H,25,26,27). The summed E-state index contributed by atoms with van der Waals surface area (Å²) >= 11 is 5.94. The van der Waals surface area contributed by atoms with Gasteiger partial charge in [-0.1, -0.05) is 23.7 Å². The lowest BCUT2D eigenvalue weighted by Crippen LogP contribution is -2.05. The van der Waals surface area contributed by atoms with Crippen LogP contribution < -0.4 is 5.32 Å². The van der Waals surface area contributed by atoms with E-state index >= 15 is 0 Å². The van der Waals surface area contributed by atoms with Crippen LogP contribution >= 0.6 is 11.6 Å². The Morgan fingerprint density at radius 1 is 0.963 bits per heavy atom. The molecule has 27 heavy (non-hydrogen) atoms. The van der Waals surface area contributed by atoms with Gasteiger partial charge in [-0.25, -0.2) is 18.7 Å². The van der Waals surface area contributed by atoms with Crippen LogP contribution in [0.15, 0.2) is 42.5 Å². The summed E-state index contributed by atoms with van der Waals surface area (Å²) in [5, 5.41) is 2.74. The number of rotatable bonds is 3. The third kappa shape index (κ3) is 4.33. The number of aryl methyl sites for hydroxylation is 1. The zero-order valence-corrected chi connectivity index (χ0v) is 14.5. The number of benzene rings is 2. The van der Waals surface area contributed by atoms with Crippen molar-refractivity contribution in [1.29, 1.82) is 0 Å². The van der Waals surface area contributed by atoms with Crippen LogP contribution in [0.5, 0.6) is 0 Å². The lowest BCUT2D eigenvalue weighted by Gasteiger charge is -2.12. The average Bonchev–Trinajstić information content (AvgIpc) is 2.58. The molecule has 0 radical (unpaired) electrons. The lowest BCUT2D eigenvalue weighted by molar-refractivity contribution is -0.137. The van der Waals surface area contributed by atoms with Crippen LogP contribution in [0.1, 0.15) is 11.1 Å². The van der Waals surface area contributed by atoms with E-state index in [1.807, 2.05) is 0 Å². The normalized spacial score (nSPS) is 11.5. The van der Waals surface area contributed by atoms with Gasteiger partial charge in [0.15, 0.2) is 17.5 Å². The van der Waals surface area contributed by atoms with E-state index in [9.17, 15) is 22.0 Å². The Kier molecular flexibility index (Phi) is 5.01. The molecule has 0 aliphatic heterocycles. The fourth-order valence-corrected chi connectivity index (χ4v) is 2.55. The Morgan fingerprint density at radius 2 is 1.67 bits per heavy atom. The maximum atomic E-state index is 13.5. The number of nitrogens with one attached hydrogen (secondary N) is 1. The molecule has 3 nitrogen and oxygen atoms in total. The molecule has 0 fully saturated rings. The third-order valence-corrected chi connectivity index (χ3v) is 3.87. The van der Waals surface area contributed by atoms with Gasteiger partial charge in [0, 0.05) is 23.4 Å². The summed E-state index contributed by atoms with van der Waals surface area (Å²) in [6.45, 7) is 1.56. The summed E-state index contributed by atoms with van der Waals surface area (Å²) in [5.74, 6) is -1.97. The second-order valence-electron chi connectivity index (χ2n) is 5.68. The van der Waals surface area contributed by atoms with Gasteiger partial charge in [0.05, 0.1) is 5.56 Å². The van der Waals surface area contributed by atoms with Crippen molar-refractivity contribution in [2.75, 3.05) is 5.32 Å².